The summed E-state index contributed by atoms with van der Waals surface area (Å²) in [4.78, 5) is 13.8. The van der Waals surface area contributed by atoms with Crippen LogP contribution in [0.25, 0.3) is 10.9 Å². The van der Waals surface area contributed by atoms with E-state index in [0.717, 1.165) is 10.9 Å². The van der Waals surface area contributed by atoms with E-state index < -0.39 is 18.4 Å². The quantitative estimate of drug-likeness (QED) is 0.660. The van der Waals surface area contributed by atoms with Gasteiger partial charge in [0.25, 0.3) is 0 Å². The van der Waals surface area contributed by atoms with Crippen molar-refractivity contribution in [3.63, 3.8) is 0 Å². The van der Waals surface area contributed by atoms with E-state index in [0.29, 0.717) is 5.56 Å². The summed E-state index contributed by atoms with van der Waals surface area (Å²) in [6, 6.07) is 4.84. The minimum Gasteiger partial charge on any atom is -0.480 e. The Bertz CT molecular complexity index is 565. The topological polar surface area (TPSA) is 79.1 Å². The lowest BCUT2D eigenvalue weighted by Gasteiger charge is -2.04. The van der Waals surface area contributed by atoms with Crippen LogP contribution < -0.4 is 5.73 Å². The standard InChI is InChI=1S/C11H12N2O2/c12-9(11(14)15)5-7-6-13-10-4-2-1-3-8(7)10/h1-4,6,9,13H,5,12H2,(H,14,15)/t9-/m1/s1/i5D,9+1D/t5?,9-. The van der Waals surface area contributed by atoms with Crippen molar-refractivity contribution in [3.05, 3.63) is 36.0 Å². The summed E-state index contributed by atoms with van der Waals surface area (Å²) in [6.07, 6.45) is 0.178. The zero-order chi connectivity index (χ0) is 12.6. The molecule has 1 aromatic carbocycles. The third-order valence-electron chi connectivity index (χ3n) is 2.18. The molecule has 4 nitrogen and oxygen atoms in total. The number of nitrogens with two attached hydrogens (primary N) is 1. The van der Waals surface area contributed by atoms with Crippen LogP contribution in [0.1, 0.15) is 8.30 Å². The highest BCUT2D eigenvalue weighted by molar-refractivity contribution is 5.84. The molecule has 15 heavy (non-hydrogen) atoms. The van der Waals surface area contributed by atoms with Crippen molar-refractivity contribution in [1.82, 2.24) is 4.98 Å². The number of carboxylic acids is 1. The molecule has 1 heterocycles. The fourth-order valence-corrected chi connectivity index (χ4v) is 1.44. The highest BCUT2D eigenvalue weighted by atomic mass is 16.4. The molecule has 0 fully saturated rings. The number of fused-ring (bicyclic) bond motifs is 1. The van der Waals surface area contributed by atoms with Crippen LogP contribution in [-0.4, -0.2) is 22.1 Å². The summed E-state index contributed by atoms with van der Waals surface area (Å²) in [7, 11) is 0. The zero-order valence-electron chi connectivity index (χ0n) is 9.90. The van der Waals surface area contributed by atoms with Crippen molar-refractivity contribution in [2.45, 2.75) is 12.4 Å². The van der Waals surface area contributed by atoms with E-state index in [1.807, 2.05) is 12.1 Å². The van der Waals surface area contributed by atoms with Gasteiger partial charge in [-0.05, 0) is 11.6 Å². The zero-order valence-corrected chi connectivity index (χ0v) is 7.90. The molecule has 0 aliphatic carbocycles. The second kappa shape index (κ2) is 3.74. The molecule has 1 aromatic heterocycles. The summed E-state index contributed by atoms with van der Waals surface area (Å²) >= 11 is 0. The summed E-state index contributed by atoms with van der Waals surface area (Å²) in [6.45, 7) is 0. The lowest BCUT2D eigenvalue weighted by molar-refractivity contribution is -0.138. The molecule has 0 radical (unpaired) electrons. The van der Waals surface area contributed by atoms with Crippen molar-refractivity contribution in [2.24, 2.45) is 5.73 Å². The van der Waals surface area contributed by atoms with E-state index in [-0.39, 0.29) is 0 Å². The third kappa shape index (κ3) is 1.85. The normalized spacial score (nSPS) is 19.0. The van der Waals surface area contributed by atoms with E-state index in [4.69, 9.17) is 13.6 Å². The number of carbonyl (C=O) groups is 1. The molecule has 0 spiro atoms. The van der Waals surface area contributed by atoms with Crippen LogP contribution in [0.2, 0.25) is 0 Å². The van der Waals surface area contributed by atoms with Gasteiger partial charge in [-0.3, -0.25) is 4.79 Å². The number of H-pyrrole nitrogens is 1. The molecule has 2 atom stereocenters. The fourth-order valence-electron chi connectivity index (χ4n) is 1.44. The molecule has 1 unspecified atom stereocenters. The Morgan fingerprint density at radius 3 is 3.13 bits per heavy atom. The van der Waals surface area contributed by atoms with Crippen molar-refractivity contribution in [1.29, 1.82) is 0 Å². The van der Waals surface area contributed by atoms with E-state index in [1.165, 1.54) is 6.20 Å². The second-order valence-electron chi connectivity index (χ2n) is 3.19. The Balaban J connectivity index is 2.50. The molecule has 4 N–H and O–H groups in total. The molecule has 0 aliphatic rings. The van der Waals surface area contributed by atoms with Crippen molar-refractivity contribution in [3.8, 4) is 0 Å². The summed E-state index contributed by atoms with van der Waals surface area (Å²) in [5, 5.41) is 9.56. The van der Waals surface area contributed by atoms with Crippen LogP contribution in [0.15, 0.2) is 30.5 Å². The Morgan fingerprint density at radius 1 is 1.67 bits per heavy atom. The first kappa shape index (κ1) is 7.48. The molecule has 0 saturated carbocycles. The highest BCUT2D eigenvalue weighted by Gasteiger charge is 2.14. The van der Waals surface area contributed by atoms with Crippen LogP contribution in [0.5, 0.6) is 0 Å². The number of hydrogen-bond acceptors (Lipinski definition) is 2. The molecular formula is C11H12N2O2. The molecule has 4 heteroatoms. The van der Waals surface area contributed by atoms with Crippen LogP contribution >= 0.6 is 0 Å². The minimum atomic E-state index is -2.36. The lowest BCUT2D eigenvalue weighted by atomic mass is 10.1. The van der Waals surface area contributed by atoms with Gasteiger partial charge in [0.05, 0.1) is 1.37 Å². The number of aromatic nitrogens is 1. The summed E-state index contributed by atoms with van der Waals surface area (Å²) < 4.78 is 15.3. The number of benzene rings is 1. The first-order chi connectivity index (χ1) is 7.94. The van der Waals surface area contributed by atoms with E-state index in [2.05, 4.69) is 4.98 Å². The highest BCUT2D eigenvalue weighted by Crippen LogP contribution is 2.18. The van der Waals surface area contributed by atoms with Gasteiger partial charge in [-0.15, -0.1) is 0 Å². The first-order valence-electron chi connectivity index (χ1n) is 5.53. The van der Waals surface area contributed by atoms with Crippen molar-refractivity contribution >= 4 is 16.9 Å². The fraction of sp³-hybridized carbons (Fsp3) is 0.182. The number of para-hydroxylation sites is 1. The third-order valence-corrected chi connectivity index (χ3v) is 2.18. The number of aromatic amines is 1. The molecule has 0 amide bonds. The van der Waals surface area contributed by atoms with E-state index in [9.17, 15) is 4.79 Å². The molecule has 2 rings (SSSR count). The van der Waals surface area contributed by atoms with Gasteiger partial charge >= 0.3 is 5.97 Å². The van der Waals surface area contributed by atoms with Crippen molar-refractivity contribution in [2.75, 3.05) is 0 Å². The Kier molecular flexibility index (Phi) is 1.87. The molecule has 2 aromatic rings. The van der Waals surface area contributed by atoms with Crippen LogP contribution in [0.4, 0.5) is 0 Å². The number of hydrogen-bond donors (Lipinski definition) is 3. The van der Waals surface area contributed by atoms with Gasteiger partial charge in [0.1, 0.15) is 6.02 Å². The summed E-state index contributed by atoms with van der Waals surface area (Å²) in [5.74, 6) is -1.51. The number of aliphatic carboxylic acids is 1. The van der Waals surface area contributed by atoms with Gasteiger partial charge in [-0.2, -0.15) is 0 Å². The number of nitrogens with one attached hydrogen (secondary N) is 1. The monoisotopic (exact) mass is 207 g/mol. The Morgan fingerprint density at radius 2 is 2.40 bits per heavy atom. The van der Waals surface area contributed by atoms with Gasteiger partial charge < -0.3 is 15.8 Å². The van der Waals surface area contributed by atoms with Gasteiger partial charge in [0, 0.05) is 24.9 Å². The predicted molar refractivity (Wildman–Crippen MR) is 57.6 cm³/mol. The molecule has 78 valence electrons. The van der Waals surface area contributed by atoms with Gasteiger partial charge in [0.2, 0.25) is 0 Å². The smallest absolute Gasteiger partial charge is 0.320 e. The molecule has 0 aliphatic heterocycles. The predicted octanol–water partition coefficient (Wildman–Crippen LogP) is 1.12. The van der Waals surface area contributed by atoms with Crippen molar-refractivity contribution < 1.29 is 12.6 Å². The van der Waals surface area contributed by atoms with Crippen LogP contribution in [0, 0.1) is 0 Å². The lowest BCUT2D eigenvalue weighted by Crippen LogP contribution is -2.32. The maximum absolute atomic E-state index is 10.9. The maximum atomic E-state index is 10.9. The maximum Gasteiger partial charge on any atom is 0.320 e. The SMILES string of the molecule is [2H]C(c1c[nH]c2ccccc12)[13C@@]([2H])(N)C(=O)O. The van der Waals surface area contributed by atoms with Gasteiger partial charge in [0.15, 0.2) is 0 Å². The number of rotatable bonds is 3. The largest absolute Gasteiger partial charge is 0.480 e. The Hall–Kier alpha value is -1.81. The summed E-state index contributed by atoms with van der Waals surface area (Å²) in [5.41, 5.74) is 6.56. The average Bonchev–Trinajstić information content (AvgIpc) is 2.71. The average molecular weight is 207 g/mol. The molecular weight excluding hydrogens is 193 g/mol. The second-order valence-corrected chi connectivity index (χ2v) is 3.19. The van der Waals surface area contributed by atoms with Gasteiger partial charge in [-0.25, -0.2) is 0 Å². The van der Waals surface area contributed by atoms with Crippen LogP contribution in [-0.2, 0) is 11.2 Å². The number of carboxylic acid groups (broad SMARTS) is 1. The van der Waals surface area contributed by atoms with E-state index >= 15 is 0 Å². The minimum absolute atomic E-state index is 0.417. The molecule has 0 saturated heterocycles. The van der Waals surface area contributed by atoms with Gasteiger partial charge in [-0.1, -0.05) is 18.2 Å². The van der Waals surface area contributed by atoms with Crippen LogP contribution in [0.3, 0.4) is 0 Å². The molecule has 0 bridgehead atoms. The van der Waals surface area contributed by atoms with E-state index in [1.54, 1.807) is 12.1 Å². The first-order valence-corrected chi connectivity index (χ1v) is 4.45. The Labute approximate surface area is 89.5 Å².